The zero-order valence-electron chi connectivity index (χ0n) is 17.5. The molecule has 0 saturated heterocycles. The molecule has 33 heavy (non-hydrogen) atoms. The first-order chi connectivity index (χ1) is 15.9. The van der Waals surface area contributed by atoms with Crippen LogP contribution < -0.4 is 5.32 Å². The Labute approximate surface area is 188 Å². The number of nitro benzene ring substituents is 1. The Morgan fingerprint density at radius 1 is 1.03 bits per heavy atom. The lowest BCUT2D eigenvalue weighted by Crippen LogP contribution is -2.11. The van der Waals surface area contributed by atoms with Gasteiger partial charge >= 0.3 is 0 Å². The number of nitrogens with zero attached hydrogens (tertiary/aromatic N) is 1. The van der Waals surface area contributed by atoms with E-state index >= 15 is 0 Å². The molecule has 8 nitrogen and oxygen atoms in total. The van der Waals surface area contributed by atoms with Gasteiger partial charge in [0.1, 0.15) is 11.5 Å². The smallest absolute Gasteiger partial charge is 0.291 e. The van der Waals surface area contributed by atoms with Crippen LogP contribution in [0.4, 0.5) is 11.4 Å². The van der Waals surface area contributed by atoms with Crippen molar-refractivity contribution < 1.29 is 23.3 Å². The van der Waals surface area contributed by atoms with Gasteiger partial charge in [-0.25, -0.2) is 0 Å². The molecule has 4 rings (SSSR count). The summed E-state index contributed by atoms with van der Waals surface area (Å²) in [5, 5.41) is 14.0. The standard InChI is InChI=1S/C25H18N2O6/c1-16-7-10-20(21(14-16)27(30)31)23-12-9-19(33-23)8-11-22(28)17-4-2-5-18(15-17)26-25(29)24-6-3-13-32-24/h2-15H,1H3,(H,26,29)/b11-8+. The van der Waals surface area contributed by atoms with E-state index in [1.54, 1.807) is 61.5 Å². The molecule has 0 unspecified atom stereocenters. The van der Waals surface area contributed by atoms with Gasteiger partial charge in [0.25, 0.3) is 11.6 Å². The molecule has 2 aromatic heterocycles. The van der Waals surface area contributed by atoms with E-state index in [0.717, 1.165) is 5.56 Å². The molecule has 0 aliphatic carbocycles. The van der Waals surface area contributed by atoms with Crippen molar-refractivity contribution >= 4 is 29.1 Å². The number of benzene rings is 2. The summed E-state index contributed by atoms with van der Waals surface area (Å²) in [5.74, 6) is 0.137. The van der Waals surface area contributed by atoms with Crippen molar-refractivity contribution in [2.45, 2.75) is 6.92 Å². The maximum atomic E-state index is 12.6. The van der Waals surface area contributed by atoms with Gasteiger partial charge in [-0.2, -0.15) is 0 Å². The van der Waals surface area contributed by atoms with E-state index in [9.17, 15) is 19.7 Å². The first-order valence-electron chi connectivity index (χ1n) is 9.93. The van der Waals surface area contributed by atoms with Crippen molar-refractivity contribution in [2.75, 3.05) is 5.32 Å². The maximum absolute atomic E-state index is 12.6. The number of aryl methyl sites for hydroxylation is 1. The first kappa shape index (κ1) is 21.5. The van der Waals surface area contributed by atoms with Crippen LogP contribution in [0.1, 0.15) is 32.2 Å². The highest BCUT2D eigenvalue weighted by atomic mass is 16.6. The molecule has 0 aliphatic rings. The lowest BCUT2D eigenvalue weighted by molar-refractivity contribution is -0.384. The number of carbonyl (C=O) groups excluding carboxylic acids is 2. The Morgan fingerprint density at radius 3 is 2.64 bits per heavy atom. The number of allylic oxidation sites excluding steroid dienone is 1. The zero-order valence-corrected chi connectivity index (χ0v) is 17.5. The molecule has 2 heterocycles. The number of ketones is 1. The Hall–Kier alpha value is -4.72. The minimum Gasteiger partial charge on any atom is -0.459 e. The van der Waals surface area contributed by atoms with Gasteiger partial charge < -0.3 is 14.2 Å². The van der Waals surface area contributed by atoms with Crippen LogP contribution in [0.15, 0.2) is 87.9 Å². The molecule has 0 bridgehead atoms. The summed E-state index contributed by atoms with van der Waals surface area (Å²) >= 11 is 0. The number of anilines is 1. The summed E-state index contributed by atoms with van der Waals surface area (Å²) < 4.78 is 10.7. The minimum atomic E-state index is -0.457. The van der Waals surface area contributed by atoms with E-state index in [1.165, 1.54) is 30.5 Å². The van der Waals surface area contributed by atoms with Gasteiger partial charge in [-0.1, -0.05) is 18.2 Å². The Kier molecular flexibility index (Phi) is 5.99. The number of nitrogens with one attached hydrogen (secondary N) is 1. The average Bonchev–Trinajstić information content (AvgIpc) is 3.50. The molecule has 0 aliphatic heterocycles. The van der Waals surface area contributed by atoms with Crippen LogP contribution in [-0.4, -0.2) is 16.6 Å². The lowest BCUT2D eigenvalue weighted by Gasteiger charge is -2.04. The zero-order chi connectivity index (χ0) is 23.4. The van der Waals surface area contributed by atoms with Gasteiger partial charge in [0, 0.05) is 17.3 Å². The largest absolute Gasteiger partial charge is 0.459 e. The van der Waals surface area contributed by atoms with Gasteiger partial charge in [-0.3, -0.25) is 19.7 Å². The van der Waals surface area contributed by atoms with Gasteiger partial charge in [0.2, 0.25) is 0 Å². The summed E-state index contributed by atoms with van der Waals surface area (Å²) in [6, 6.07) is 17.8. The van der Waals surface area contributed by atoms with Crippen LogP contribution in [0.2, 0.25) is 0 Å². The van der Waals surface area contributed by atoms with Crippen LogP contribution in [0.5, 0.6) is 0 Å². The summed E-state index contributed by atoms with van der Waals surface area (Å²) in [6.45, 7) is 1.77. The highest BCUT2D eigenvalue weighted by Gasteiger charge is 2.18. The van der Waals surface area contributed by atoms with E-state index in [2.05, 4.69) is 5.32 Å². The highest BCUT2D eigenvalue weighted by Crippen LogP contribution is 2.32. The van der Waals surface area contributed by atoms with Crippen molar-refractivity contribution in [3.8, 4) is 11.3 Å². The van der Waals surface area contributed by atoms with Gasteiger partial charge in [-0.15, -0.1) is 0 Å². The molecule has 164 valence electrons. The van der Waals surface area contributed by atoms with Crippen LogP contribution in [0.3, 0.4) is 0 Å². The Balaban J connectivity index is 1.49. The maximum Gasteiger partial charge on any atom is 0.291 e. The third kappa shape index (κ3) is 4.96. The fraction of sp³-hybridized carbons (Fsp3) is 0.0400. The van der Waals surface area contributed by atoms with Gasteiger partial charge in [0.05, 0.1) is 16.7 Å². The summed E-state index contributed by atoms with van der Waals surface area (Å²) in [7, 11) is 0. The second kappa shape index (κ2) is 9.19. The van der Waals surface area contributed by atoms with Crippen LogP contribution in [0.25, 0.3) is 17.4 Å². The van der Waals surface area contributed by atoms with Crippen molar-refractivity contribution in [2.24, 2.45) is 0 Å². The number of amides is 1. The summed E-state index contributed by atoms with van der Waals surface area (Å²) in [4.78, 5) is 35.6. The number of furan rings is 2. The number of carbonyl (C=O) groups is 2. The minimum absolute atomic E-state index is 0.0515. The van der Waals surface area contributed by atoms with Crippen molar-refractivity contribution in [3.05, 3.63) is 112 Å². The highest BCUT2D eigenvalue weighted by molar-refractivity contribution is 6.08. The average molecular weight is 442 g/mol. The number of hydrogen-bond acceptors (Lipinski definition) is 6. The monoisotopic (exact) mass is 442 g/mol. The van der Waals surface area contributed by atoms with Crippen molar-refractivity contribution in [1.82, 2.24) is 0 Å². The molecule has 0 spiro atoms. The van der Waals surface area contributed by atoms with Crippen LogP contribution in [0, 0.1) is 17.0 Å². The molecule has 8 heteroatoms. The first-order valence-corrected chi connectivity index (χ1v) is 9.93. The number of hydrogen-bond donors (Lipinski definition) is 1. The SMILES string of the molecule is Cc1ccc(-c2ccc(/C=C/C(=O)c3cccc(NC(=O)c4ccco4)c3)o2)c([N+](=O)[O-])c1. The van der Waals surface area contributed by atoms with E-state index in [1.807, 2.05) is 0 Å². The van der Waals surface area contributed by atoms with Crippen molar-refractivity contribution in [3.63, 3.8) is 0 Å². The fourth-order valence-corrected chi connectivity index (χ4v) is 3.19. The Bertz CT molecular complexity index is 1370. The van der Waals surface area contributed by atoms with E-state index in [-0.39, 0.29) is 17.2 Å². The molecule has 1 amide bonds. The van der Waals surface area contributed by atoms with Gasteiger partial charge in [0.15, 0.2) is 11.5 Å². The number of rotatable bonds is 7. The summed E-state index contributed by atoms with van der Waals surface area (Å²) in [5.41, 5.74) is 1.89. The second-order valence-electron chi connectivity index (χ2n) is 7.19. The van der Waals surface area contributed by atoms with Crippen LogP contribution in [-0.2, 0) is 0 Å². The quantitative estimate of drug-likeness (QED) is 0.165. The molecule has 4 aromatic rings. The lowest BCUT2D eigenvalue weighted by atomic mass is 10.1. The Morgan fingerprint density at radius 2 is 1.88 bits per heavy atom. The molecular weight excluding hydrogens is 424 g/mol. The molecule has 0 radical (unpaired) electrons. The fourth-order valence-electron chi connectivity index (χ4n) is 3.19. The molecule has 0 fully saturated rings. The molecule has 0 saturated carbocycles. The van der Waals surface area contributed by atoms with E-state index < -0.39 is 10.8 Å². The topological polar surface area (TPSA) is 116 Å². The third-order valence-electron chi connectivity index (χ3n) is 4.79. The normalized spacial score (nSPS) is 10.9. The van der Waals surface area contributed by atoms with E-state index in [0.29, 0.717) is 28.3 Å². The molecule has 1 N–H and O–H groups in total. The number of nitro groups is 1. The molecule has 2 aromatic carbocycles. The summed E-state index contributed by atoms with van der Waals surface area (Å²) in [6.07, 6.45) is 4.22. The molecular formula is C25H18N2O6. The predicted octanol–water partition coefficient (Wildman–Crippen LogP) is 5.90. The third-order valence-corrected chi connectivity index (χ3v) is 4.79. The van der Waals surface area contributed by atoms with Gasteiger partial charge in [-0.05, 0) is 67.1 Å². The van der Waals surface area contributed by atoms with Crippen molar-refractivity contribution in [1.29, 1.82) is 0 Å². The predicted molar refractivity (Wildman–Crippen MR) is 122 cm³/mol. The molecule has 0 atom stereocenters. The van der Waals surface area contributed by atoms with Crippen LogP contribution >= 0.6 is 0 Å². The second-order valence-corrected chi connectivity index (χ2v) is 7.19. The van der Waals surface area contributed by atoms with E-state index in [4.69, 9.17) is 8.83 Å².